The topological polar surface area (TPSA) is 49.4 Å². The number of carbonyl (C=O) groups is 1. The summed E-state index contributed by atoms with van der Waals surface area (Å²) in [6, 6.07) is 0. The molecule has 0 atom stereocenters. The molecule has 0 radical (unpaired) electrons. The van der Waals surface area contributed by atoms with E-state index in [1.165, 1.54) is 0 Å². The standard InChI is InChI=1S/C7H12O3.Li/c1-7(2,6(8)9)5-3-10-4-5;/h5H,3-4H2,1-2H3,(H,8,9);/q;+1/p-1. The van der Waals surface area contributed by atoms with Gasteiger partial charge in [0.05, 0.1) is 13.2 Å². The Hall–Kier alpha value is 0.0274. The van der Waals surface area contributed by atoms with Crippen LogP contribution >= 0.6 is 0 Å². The van der Waals surface area contributed by atoms with E-state index in [-0.39, 0.29) is 24.8 Å². The number of rotatable bonds is 2. The summed E-state index contributed by atoms with van der Waals surface area (Å²) in [5, 5.41) is 10.5. The molecule has 0 amide bonds. The van der Waals surface area contributed by atoms with Gasteiger partial charge < -0.3 is 14.6 Å². The maximum Gasteiger partial charge on any atom is 1.00 e. The van der Waals surface area contributed by atoms with E-state index in [0.717, 1.165) is 0 Å². The average Bonchev–Trinajstić information content (AvgIpc) is 1.57. The van der Waals surface area contributed by atoms with E-state index in [1.54, 1.807) is 13.8 Å². The van der Waals surface area contributed by atoms with Gasteiger partial charge in [-0.1, -0.05) is 13.8 Å². The van der Waals surface area contributed by atoms with Crippen LogP contribution in [0.5, 0.6) is 0 Å². The largest absolute Gasteiger partial charge is 1.00 e. The first kappa shape index (κ1) is 11.0. The van der Waals surface area contributed by atoms with Crippen LogP contribution in [0.15, 0.2) is 0 Å². The van der Waals surface area contributed by atoms with E-state index in [0.29, 0.717) is 13.2 Å². The molecule has 1 heterocycles. The first-order chi connectivity index (χ1) is 4.55. The number of carboxylic acids is 1. The van der Waals surface area contributed by atoms with Crippen LogP contribution in [0.1, 0.15) is 13.8 Å². The Labute approximate surface area is 78.3 Å². The number of carbonyl (C=O) groups excluding carboxylic acids is 1. The molecule has 0 aliphatic carbocycles. The van der Waals surface area contributed by atoms with E-state index in [1.807, 2.05) is 0 Å². The summed E-state index contributed by atoms with van der Waals surface area (Å²) in [4.78, 5) is 10.5. The summed E-state index contributed by atoms with van der Waals surface area (Å²) in [6.07, 6.45) is 0. The molecule has 0 saturated carbocycles. The summed E-state index contributed by atoms with van der Waals surface area (Å²) in [5.41, 5.74) is -0.724. The second-order valence-electron chi connectivity index (χ2n) is 3.24. The number of hydrogen-bond acceptors (Lipinski definition) is 3. The zero-order valence-electron chi connectivity index (χ0n) is 7.22. The van der Waals surface area contributed by atoms with E-state index in [9.17, 15) is 9.90 Å². The second-order valence-corrected chi connectivity index (χ2v) is 3.24. The monoisotopic (exact) mass is 150 g/mol. The Morgan fingerprint density at radius 1 is 1.55 bits per heavy atom. The van der Waals surface area contributed by atoms with Gasteiger partial charge in [-0.25, -0.2) is 0 Å². The summed E-state index contributed by atoms with van der Waals surface area (Å²) < 4.78 is 4.88. The van der Waals surface area contributed by atoms with Gasteiger partial charge in [0.15, 0.2) is 0 Å². The molecule has 1 rings (SSSR count). The minimum absolute atomic E-state index is 0. The predicted molar refractivity (Wildman–Crippen MR) is 33.1 cm³/mol. The maximum atomic E-state index is 10.5. The molecule has 1 aliphatic heterocycles. The van der Waals surface area contributed by atoms with Gasteiger partial charge in [0.25, 0.3) is 0 Å². The van der Waals surface area contributed by atoms with Gasteiger partial charge in [-0.15, -0.1) is 0 Å². The number of ether oxygens (including phenoxy) is 1. The molecule has 0 aromatic rings. The number of aliphatic carboxylic acids is 1. The van der Waals surface area contributed by atoms with E-state index in [4.69, 9.17) is 4.74 Å². The van der Waals surface area contributed by atoms with Crippen LogP contribution in [0.25, 0.3) is 0 Å². The number of hydrogen-bond donors (Lipinski definition) is 0. The van der Waals surface area contributed by atoms with Gasteiger partial charge >= 0.3 is 18.9 Å². The molecule has 58 valence electrons. The van der Waals surface area contributed by atoms with Gasteiger partial charge in [-0.3, -0.25) is 0 Å². The average molecular weight is 150 g/mol. The molecular formula is C7H11LiO3. The first-order valence-corrected chi connectivity index (χ1v) is 3.34. The zero-order valence-corrected chi connectivity index (χ0v) is 7.22. The molecule has 11 heavy (non-hydrogen) atoms. The van der Waals surface area contributed by atoms with Crippen LogP contribution in [0.3, 0.4) is 0 Å². The van der Waals surface area contributed by atoms with Crippen LogP contribution in [0, 0.1) is 11.3 Å². The second kappa shape index (κ2) is 3.62. The molecule has 0 N–H and O–H groups in total. The molecule has 3 nitrogen and oxygen atoms in total. The van der Waals surface area contributed by atoms with Gasteiger partial charge in [0.1, 0.15) is 0 Å². The molecule has 1 fully saturated rings. The Bertz CT molecular complexity index is 152. The Morgan fingerprint density at radius 3 is 2.09 bits per heavy atom. The Balaban J connectivity index is 0.000001000. The molecule has 0 spiro atoms. The van der Waals surface area contributed by atoms with E-state index >= 15 is 0 Å². The third-order valence-corrected chi connectivity index (χ3v) is 2.18. The fourth-order valence-electron chi connectivity index (χ4n) is 0.819. The fraction of sp³-hybridized carbons (Fsp3) is 0.857. The minimum Gasteiger partial charge on any atom is -0.550 e. The van der Waals surface area contributed by atoms with Crippen LogP contribution in [-0.2, 0) is 9.53 Å². The maximum absolute atomic E-state index is 10.5. The molecule has 0 aromatic heterocycles. The molecule has 1 aliphatic rings. The van der Waals surface area contributed by atoms with Crippen molar-refractivity contribution >= 4 is 5.97 Å². The molecule has 4 heteroatoms. The van der Waals surface area contributed by atoms with Crippen molar-refractivity contribution in [3.8, 4) is 0 Å². The number of carboxylic acid groups (broad SMARTS) is 1. The summed E-state index contributed by atoms with van der Waals surface area (Å²) in [7, 11) is 0. The van der Waals surface area contributed by atoms with Crippen LogP contribution < -0.4 is 24.0 Å². The van der Waals surface area contributed by atoms with Gasteiger partial charge in [-0.2, -0.15) is 0 Å². The molecular weight excluding hydrogens is 139 g/mol. The summed E-state index contributed by atoms with van der Waals surface area (Å²) in [5.74, 6) is -0.849. The van der Waals surface area contributed by atoms with Crippen molar-refractivity contribution in [3.63, 3.8) is 0 Å². The normalized spacial score (nSPS) is 18.4. The zero-order chi connectivity index (χ0) is 7.78. The van der Waals surface area contributed by atoms with Crippen molar-refractivity contribution in [2.75, 3.05) is 13.2 Å². The Kier molecular flexibility index (Phi) is 3.63. The Morgan fingerprint density at radius 2 is 2.00 bits per heavy atom. The third-order valence-electron chi connectivity index (χ3n) is 2.18. The molecule has 0 unspecified atom stereocenters. The quantitative estimate of drug-likeness (QED) is 0.382. The SMILES string of the molecule is CC(C)(C(=O)[O-])C1COC1.[Li+]. The van der Waals surface area contributed by atoms with E-state index in [2.05, 4.69) is 0 Å². The van der Waals surface area contributed by atoms with Crippen molar-refractivity contribution in [2.24, 2.45) is 11.3 Å². The summed E-state index contributed by atoms with van der Waals surface area (Å²) in [6.45, 7) is 4.47. The van der Waals surface area contributed by atoms with Gasteiger partial charge in [0, 0.05) is 17.3 Å². The third kappa shape index (κ3) is 1.99. The van der Waals surface area contributed by atoms with Gasteiger partial charge in [0.2, 0.25) is 0 Å². The van der Waals surface area contributed by atoms with Crippen molar-refractivity contribution in [1.82, 2.24) is 0 Å². The van der Waals surface area contributed by atoms with E-state index < -0.39 is 11.4 Å². The molecule has 1 saturated heterocycles. The summed E-state index contributed by atoms with van der Waals surface area (Å²) >= 11 is 0. The predicted octanol–water partition coefficient (Wildman–Crippen LogP) is -3.59. The fourth-order valence-corrected chi connectivity index (χ4v) is 0.819. The molecule has 0 bridgehead atoms. The van der Waals surface area contributed by atoms with Crippen molar-refractivity contribution in [1.29, 1.82) is 0 Å². The minimum atomic E-state index is -0.985. The first-order valence-electron chi connectivity index (χ1n) is 3.34. The molecule has 0 aromatic carbocycles. The smallest absolute Gasteiger partial charge is 0.550 e. The van der Waals surface area contributed by atoms with Crippen LogP contribution in [0.4, 0.5) is 0 Å². The van der Waals surface area contributed by atoms with Crippen molar-refractivity contribution < 1.29 is 33.5 Å². The van der Waals surface area contributed by atoms with Crippen molar-refractivity contribution in [3.05, 3.63) is 0 Å². The van der Waals surface area contributed by atoms with Crippen molar-refractivity contribution in [2.45, 2.75) is 13.8 Å². The van der Waals surface area contributed by atoms with Gasteiger partial charge in [-0.05, 0) is 0 Å². The van der Waals surface area contributed by atoms with Crippen LogP contribution in [-0.4, -0.2) is 19.2 Å². The van der Waals surface area contributed by atoms with Crippen LogP contribution in [0.2, 0.25) is 0 Å².